The van der Waals surface area contributed by atoms with Crippen LogP contribution in [-0.4, -0.2) is 23.0 Å². The molecule has 0 saturated heterocycles. The zero-order valence-electron chi connectivity index (χ0n) is 5.21. The molecule has 0 aromatic carbocycles. The quantitative estimate of drug-likeness (QED) is 0.466. The summed E-state index contributed by atoms with van der Waals surface area (Å²) in [4.78, 5) is 10.2. The van der Waals surface area contributed by atoms with Gasteiger partial charge in [-0.15, -0.1) is 0 Å². The van der Waals surface area contributed by atoms with E-state index in [-0.39, 0.29) is 6.04 Å². The third-order valence-electron chi connectivity index (χ3n) is 1.78. The molecule has 2 atom stereocenters. The number of carbonyl (C=O) groups excluding carboxylic acids is 1. The van der Waals surface area contributed by atoms with Crippen LogP contribution in [0.1, 0.15) is 19.3 Å². The maximum Gasteiger partial charge on any atom is 0.151 e. The molecule has 1 aliphatic carbocycles. The molecule has 3 heteroatoms. The molecule has 9 heavy (non-hydrogen) atoms. The Kier molecular flexibility index (Phi) is 1.55. The average Bonchev–Trinajstić information content (AvgIpc) is 2.13. The minimum Gasteiger partial charge on any atom is -0.382 e. The van der Waals surface area contributed by atoms with E-state index in [0.29, 0.717) is 19.1 Å². The first-order chi connectivity index (χ1) is 4.16. The fraction of sp³-hybridized carbons (Fsp3) is 0.833. The molecule has 0 amide bonds. The van der Waals surface area contributed by atoms with Crippen LogP contribution in [0.2, 0.25) is 0 Å². The van der Waals surface area contributed by atoms with Gasteiger partial charge in [0.05, 0.1) is 0 Å². The van der Waals surface area contributed by atoms with Crippen LogP contribution in [-0.2, 0) is 4.79 Å². The van der Waals surface area contributed by atoms with E-state index < -0.39 is 5.60 Å². The summed E-state index contributed by atoms with van der Waals surface area (Å²) in [5.41, 5.74) is 4.37. The second kappa shape index (κ2) is 2.08. The maximum absolute atomic E-state index is 10.2. The van der Waals surface area contributed by atoms with E-state index >= 15 is 0 Å². The molecule has 52 valence electrons. The number of nitrogens with two attached hydrogens (primary N) is 1. The van der Waals surface area contributed by atoms with Crippen molar-refractivity contribution >= 4 is 6.29 Å². The molecule has 0 heterocycles. The van der Waals surface area contributed by atoms with Gasteiger partial charge in [0.1, 0.15) is 5.60 Å². The molecule has 0 aliphatic heterocycles. The number of hydrogen-bond acceptors (Lipinski definition) is 3. The summed E-state index contributed by atoms with van der Waals surface area (Å²) in [6, 6.07) is 0.0141. The smallest absolute Gasteiger partial charge is 0.151 e. The van der Waals surface area contributed by atoms with Crippen LogP contribution >= 0.6 is 0 Å². The van der Waals surface area contributed by atoms with E-state index in [0.717, 1.165) is 6.42 Å². The zero-order valence-corrected chi connectivity index (χ0v) is 5.21. The Morgan fingerprint density at radius 3 is 2.67 bits per heavy atom. The summed E-state index contributed by atoms with van der Waals surface area (Å²) in [5.74, 6) is 0. The Morgan fingerprint density at radius 1 is 1.78 bits per heavy atom. The summed E-state index contributed by atoms with van der Waals surface area (Å²) in [6.45, 7) is 0. The topological polar surface area (TPSA) is 63.3 Å². The molecule has 0 aromatic heterocycles. The predicted octanol–water partition coefficient (Wildman–Crippen LogP) is -0.572. The molecule has 0 bridgehead atoms. The standard InChI is InChI=1S/C6H11NO2/c7-5-1-2-6(9,3-5)4-8/h4-5,9H,1-3,7H2. The van der Waals surface area contributed by atoms with Crippen molar-refractivity contribution < 1.29 is 9.90 Å². The minimum atomic E-state index is -1.10. The van der Waals surface area contributed by atoms with Gasteiger partial charge in [-0.05, 0) is 19.3 Å². The first-order valence-corrected chi connectivity index (χ1v) is 3.10. The van der Waals surface area contributed by atoms with Gasteiger partial charge in [-0.1, -0.05) is 0 Å². The van der Waals surface area contributed by atoms with Crippen LogP contribution in [0.25, 0.3) is 0 Å². The van der Waals surface area contributed by atoms with E-state index in [9.17, 15) is 9.90 Å². The van der Waals surface area contributed by atoms with Gasteiger partial charge in [0.15, 0.2) is 6.29 Å². The Balaban J connectivity index is 2.54. The van der Waals surface area contributed by atoms with Gasteiger partial charge < -0.3 is 15.6 Å². The molecule has 0 spiro atoms. The highest BCUT2D eigenvalue weighted by Gasteiger charge is 2.34. The Morgan fingerprint density at radius 2 is 2.44 bits per heavy atom. The maximum atomic E-state index is 10.2. The minimum absolute atomic E-state index is 0.0141. The predicted molar refractivity (Wildman–Crippen MR) is 32.8 cm³/mol. The average molecular weight is 129 g/mol. The summed E-state index contributed by atoms with van der Waals surface area (Å²) in [6.07, 6.45) is 2.31. The van der Waals surface area contributed by atoms with Gasteiger partial charge in [0.25, 0.3) is 0 Å². The highest BCUT2D eigenvalue weighted by atomic mass is 16.3. The fourth-order valence-electron chi connectivity index (χ4n) is 1.20. The van der Waals surface area contributed by atoms with E-state index in [1.165, 1.54) is 0 Å². The number of carbonyl (C=O) groups is 1. The van der Waals surface area contributed by atoms with Crippen molar-refractivity contribution in [2.45, 2.75) is 30.9 Å². The lowest BCUT2D eigenvalue weighted by Gasteiger charge is -2.11. The van der Waals surface area contributed by atoms with E-state index in [2.05, 4.69) is 0 Å². The molecule has 0 radical (unpaired) electrons. The van der Waals surface area contributed by atoms with Crippen LogP contribution in [0.4, 0.5) is 0 Å². The van der Waals surface area contributed by atoms with Gasteiger partial charge in [-0.3, -0.25) is 0 Å². The highest BCUT2D eigenvalue weighted by Crippen LogP contribution is 2.26. The van der Waals surface area contributed by atoms with Crippen molar-refractivity contribution in [3.8, 4) is 0 Å². The fourth-order valence-corrected chi connectivity index (χ4v) is 1.20. The van der Waals surface area contributed by atoms with Gasteiger partial charge in [0.2, 0.25) is 0 Å². The van der Waals surface area contributed by atoms with Crippen LogP contribution in [0.3, 0.4) is 0 Å². The Labute approximate surface area is 53.9 Å². The van der Waals surface area contributed by atoms with Gasteiger partial charge in [0, 0.05) is 6.04 Å². The molecule has 3 N–H and O–H groups in total. The first-order valence-electron chi connectivity index (χ1n) is 3.10. The normalized spacial score (nSPS) is 43.1. The summed E-state index contributed by atoms with van der Waals surface area (Å²) in [5, 5.41) is 9.22. The number of hydrogen-bond donors (Lipinski definition) is 2. The number of aliphatic hydroxyl groups is 1. The molecule has 0 aromatic rings. The Hall–Kier alpha value is -0.410. The molecule has 2 unspecified atom stereocenters. The summed E-state index contributed by atoms with van der Waals surface area (Å²) in [7, 11) is 0. The lowest BCUT2D eigenvalue weighted by Crippen LogP contribution is -2.29. The monoisotopic (exact) mass is 129 g/mol. The first kappa shape index (κ1) is 6.71. The SMILES string of the molecule is NC1CCC(O)(C=O)C1. The number of rotatable bonds is 1. The second-order valence-electron chi connectivity index (χ2n) is 2.72. The molecule has 3 nitrogen and oxygen atoms in total. The molecule has 1 saturated carbocycles. The summed E-state index contributed by atoms with van der Waals surface area (Å²) >= 11 is 0. The van der Waals surface area contributed by atoms with Gasteiger partial charge >= 0.3 is 0 Å². The Bertz CT molecular complexity index is 126. The van der Waals surface area contributed by atoms with Gasteiger partial charge in [-0.2, -0.15) is 0 Å². The van der Waals surface area contributed by atoms with Crippen LogP contribution in [0, 0.1) is 0 Å². The zero-order chi connectivity index (χ0) is 6.91. The third-order valence-corrected chi connectivity index (χ3v) is 1.78. The molecular formula is C6H11NO2. The molecule has 1 rings (SSSR count). The van der Waals surface area contributed by atoms with E-state index in [1.807, 2.05) is 0 Å². The van der Waals surface area contributed by atoms with Crippen LogP contribution in [0.5, 0.6) is 0 Å². The van der Waals surface area contributed by atoms with Crippen molar-refractivity contribution in [2.24, 2.45) is 5.73 Å². The van der Waals surface area contributed by atoms with E-state index in [1.54, 1.807) is 0 Å². The highest BCUT2D eigenvalue weighted by molar-refractivity contribution is 5.62. The number of aldehydes is 1. The lowest BCUT2D eigenvalue weighted by molar-refractivity contribution is -0.123. The molecular weight excluding hydrogens is 118 g/mol. The van der Waals surface area contributed by atoms with Crippen molar-refractivity contribution in [2.75, 3.05) is 0 Å². The van der Waals surface area contributed by atoms with Crippen molar-refractivity contribution in [3.05, 3.63) is 0 Å². The van der Waals surface area contributed by atoms with Crippen LogP contribution < -0.4 is 5.73 Å². The van der Waals surface area contributed by atoms with E-state index in [4.69, 9.17) is 5.73 Å². The van der Waals surface area contributed by atoms with Crippen molar-refractivity contribution in [3.63, 3.8) is 0 Å². The second-order valence-corrected chi connectivity index (χ2v) is 2.72. The van der Waals surface area contributed by atoms with Gasteiger partial charge in [-0.25, -0.2) is 0 Å². The largest absolute Gasteiger partial charge is 0.382 e. The van der Waals surface area contributed by atoms with Crippen LogP contribution in [0.15, 0.2) is 0 Å². The van der Waals surface area contributed by atoms with Crippen molar-refractivity contribution in [1.29, 1.82) is 0 Å². The summed E-state index contributed by atoms with van der Waals surface area (Å²) < 4.78 is 0. The molecule has 1 fully saturated rings. The lowest BCUT2D eigenvalue weighted by atomic mass is 10.1. The van der Waals surface area contributed by atoms with Crippen molar-refractivity contribution in [1.82, 2.24) is 0 Å². The molecule has 1 aliphatic rings. The third kappa shape index (κ3) is 1.28.